The van der Waals surface area contributed by atoms with E-state index >= 15 is 0 Å². The van der Waals surface area contributed by atoms with Crippen LogP contribution in [-0.2, 0) is 0 Å². The van der Waals surface area contributed by atoms with E-state index in [0.717, 1.165) is 16.9 Å². The molecule has 1 heterocycles. The minimum absolute atomic E-state index is 0.498. The summed E-state index contributed by atoms with van der Waals surface area (Å²) >= 11 is 0. The van der Waals surface area contributed by atoms with Crippen molar-refractivity contribution in [1.82, 2.24) is 9.97 Å². The molecule has 0 spiro atoms. The fourth-order valence-corrected chi connectivity index (χ4v) is 2.66. The molecule has 1 aliphatic carbocycles. The van der Waals surface area contributed by atoms with E-state index in [2.05, 4.69) is 15.3 Å². The number of methoxy groups -OCH3 is 1. The molecular weight excluding hydrogens is 238 g/mol. The monoisotopic (exact) mass is 257 g/mol. The topological polar surface area (TPSA) is 47.0 Å². The van der Waals surface area contributed by atoms with Gasteiger partial charge in [0.15, 0.2) is 5.82 Å². The third-order valence-electron chi connectivity index (χ3n) is 3.68. The molecule has 4 heteroatoms. The van der Waals surface area contributed by atoms with Crippen molar-refractivity contribution in [1.29, 1.82) is 0 Å². The molecular formula is C15H19N3O. The van der Waals surface area contributed by atoms with Crippen LogP contribution in [0.4, 0.5) is 5.82 Å². The second-order valence-corrected chi connectivity index (χ2v) is 5.05. The van der Waals surface area contributed by atoms with Crippen LogP contribution in [0.15, 0.2) is 24.3 Å². The van der Waals surface area contributed by atoms with Crippen molar-refractivity contribution in [3.05, 3.63) is 24.3 Å². The Morgan fingerprint density at radius 3 is 2.42 bits per heavy atom. The van der Waals surface area contributed by atoms with Crippen molar-refractivity contribution in [3.8, 4) is 5.88 Å². The number of anilines is 1. The molecule has 0 saturated heterocycles. The van der Waals surface area contributed by atoms with Gasteiger partial charge in [0.25, 0.3) is 5.88 Å². The molecule has 0 amide bonds. The van der Waals surface area contributed by atoms with Crippen molar-refractivity contribution in [3.63, 3.8) is 0 Å². The van der Waals surface area contributed by atoms with Gasteiger partial charge in [-0.05, 0) is 25.0 Å². The maximum atomic E-state index is 5.36. The largest absolute Gasteiger partial charge is 0.478 e. The number of benzene rings is 1. The molecule has 0 unspecified atom stereocenters. The smallest absolute Gasteiger partial charge is 0.257 e. The van der Waals surface area contributed by atoms with Gasteiger partial charge in [-0.2, -0.15) is 0 Å². The third kappa shape index (κ3) is 2.62. The van der Waals surface area contributed by atoms with E-state index in [1.807, 2.05) is 24.3 Å². The van der Waals surface area contributed by atoms with Crippen molar-refractivity contribution >= 4 is 16.9 Å². The number of rotatable bonds is 3. The maximum absolute atomic E-state index is 5.36. The summed E-state index contributed by atoms with van der Waals surface area (Å²) in [6.07, 6.45) is 6.34. The minimum atomic E-state index is 0.498. The highest BCUT2D eigenvalue weighted by Gasteiger charge is 2.17. The highest BCUT2D eigenvalue weighted by molar-refractivity contribution is 5.77. The van der Waals surface area contributed by atoms with Crippen LogP contribution in [0.25, 0.3) is 11.0 Å². The Balaban J connectivity index is 1.91. The van der Waals surface area contributed by atoms with Crippen LogP contribution >= 0.6 is 0 Å². The van der Waals surface area contributed by atoms with Crippen LogP contribution in [0.1, 0.15) is 32.1 Å². The van der Waals surface area contributed by atoms with E-state index in [9.17, 15) is 0 Å². The molecule has 1 aliphatic rings. The Morgan fingerprint density at radius 1 is 1.05 bits per heavy atom. The van der Waals surface area contributed by atoms with Crippen molar-refractivity contribution in [2.75, 3.05) is 12.4 Å². The molecule has 4 nitrogen and oxygen atoms in total. The van der Waals surface area contributed by atoms with Gasteiger partial charge in [-0.25, -0.2) is 9.97 Å². The normalized spacial score (nSPS) is 16.5. The molecule has 0 atom stereocenters. The van der Waals surface area contributed by atoms with Crippen molar-refractivity contribution in [2.24, 2.45) is 0 Å². The average Bonchev–Trinajstić information content (AvgIpc) is 2.47. The molecule has 1 N–H and O–H groups in total. The summed E-state index contributed by atoms with van der Waals surface area (Å²) in [6, 6.07) is 8.37. The molecule has 0 aliphatic heterocycles. The highest BCUT2D eigenvalue weighted by Crippen LogP contribution is 2.27. The lowest BCUT2D eigenvalue weighted by atomic mass is 9.95. The molecule has 3 rings (SSSR count). The third-order valence-corrected chi connectivity index (χ3v) is 3.68. The zero-order valence-electron chi connectivity index (χ0n) is 11.2. The van der Waals surface area contributed by atoms with Crippen LogP contribution in [0, 0.1) is 0 Å². The summed E-state index contributed by atoms with van der Waals surface area (Å²) < 4.78 is 5.36. The average molecular weight is 257 g/mol. The number of nitrogens with one attached hydrogen (secondary N) is 1. The van der Waals surface area contributed by atoms with Gasteiger partial charge in [0, 0.05) is 6.04 Å². The fourth-order valence-electron chi connectivity index (χ4n) is 2.66. The summed E-state index contributed by atoms with van der Waals surface area (Å²) in [6.45, 7) is 0. The Bertz CT molecular complexity index is 564. The number of nitrogens with zero attached hydrogens (tertiary/aromatic N) is 2. The SMILES string of the molecule is COc1nc2ccccc2nc1NC1CCCCC1. The first kappa shape index (κ1) is 12.2. The maximum Gasteiger partial charge on any atom is 0.257 e. The van der Waals surface area contributed by atoms with Gasteiger partial charge in [0.1, 0.15) is 0 Å². The summed E-state index contributed by atoms with van der Waals surface area (Å²) in [4.78, 5) is 9.15. The molecule has 1 fully saturated rings. The number of hydrogen-bond donors (Lipinski definition) is 1. The Kier molecular flexibility index (Phi) is 3.49. The molecule has 19 heavy (non-hydrogen) atoms. The molecule has 0 radical (unpaired) electrons. The summed E-state index contributed by atoms with van der Waals surface area (Å²) in [5.41, 5.74) is 1.77. The first-order valence-electron chi connectivity index (χ1n) is 6.94. The molecule has 2 aromatic rings. The number of aromatic nitrogens is 2. The van der Waals surface area contributed by atoms with Gasteiger partial charge in [-0.15, -0.1) is 0 Å². The lowest BCUT2D eigenvalue weighted by Gasteiger charge is -2.23. The van der Waals surface area contributed by atoms with E-state index in [-0.39, 0.29) is 0 Å². The van der Waals surface area contributed by atoms with E-state index < -0.39 is 0 Å². The van der Waals surface area contributed by atoms with E-state index in [1.54, 1.807) is 7.11 Å². The molecule has 100 valence electrons. The molecule has 1 aromatic heterocycles. The standard InChI is InChI=1S/C15H19N3O/c1-19-15-14(16-11-7-3-2-4-8-11)17-12-9-5-6-10-13(12)18-15/h5-6,9-11H,2-4,7-8H2,1H3,(H,16,17). The van der Waals surface area contributed by atoms with Gasteiger partial charge in [0.2, 0.25) is 0 Å². The lowest BCUT2D eigenvalue weighted by molar-refractivity contribution is 0.396. The predicted octanol–water partition coefficient (Wildman–Crippen LogP) is 3.38. The lowest BCUT2D eigenvalue weighted by Crippen LogP contribution is -2.23. The molecule has 1 aromatic carbocycles. The number of fused-ring (bicyclic) bond motifs is 1. The van der Waals surface area contributed by atoms with Crippen LogP contribution < -0.4 is 10.1 Å². The van der Waals surface area contributed by atoms with Crippen molar-refractivity contribution < 1.29 is 4.74 Å². The Labute approximate surface area is 113 Å². The Hall–Kier alpha value is -1.84. The van der Waals surface area contributed by atoms with E-state index in [0.29, 0.717) is 11.9 Å². The quantitative estimate of drug-likeness (QED) is 0.915. The highest BCUT2D eigenvalue weighted by atomic mass is 16.5. The van der Waals surface area contributed by atoms with Gasteiger partial charge in [0.05, 0.1) is 18.1 Å². The van der Waals surface area contributed by atoms with Crippen LogP contribution in [0.3, 0.4) is 0 Å². The first-order valence-corrected chi connectivity index (χ1v) is 6.94. The fraction of sp³-hybridized carbons (Fsp3) is 0.467. The van der Waals surface area contributed by atoms with Gasteiger partial charge < -0.3 is 10.1 Å². The molecule has 1 saturated carbocycles. The number of para-hydroxylation sites is 2. The van der Waals surface area contributed by atoms with Gasteiger partial charge in [-0.1, -0.05) is 31.4 Å². The van der Waals surface area contributed by atoms with Gasteiger partial charge in [-0.3, -0.25) is 0 Å². The minimum Gasteiger partial charge on any atom is -0.478 e. The zero-order chi connectivity index (χ0) is 13.1. The van der Waals surface area contributed by atoms with E-state index in [1.165, 1.54) is 32.1 Å². The van der Waals surface area contributed by atoms with E-state index in [4.69, 9.17) is 4.74 Å². The predicted molar refractivity (Wildman–Crippen MR) is 76.6 cm³/mol. The second kappa shape index (κ2) is 5.43. The Morgan fingerprint density at radius 2 is 1.74 bits per heavy atom. The summed E-state index contributed by atoms with van der Waals surface area (Å²) in [5.74, 6) is 1.36. The summed E-state index contributed by atoms with van der Waals surface area (Å²) in [7, 11) is 1.64. The van der Waals surface area contributed by atoms with Crippen LogP contribution in [0.5, 0.6) is 5.88 Å². The van der Waals surface area contributed by atoms with Crippen molar-refractivity contribution in [2.45, 2.75) is 38.1 Å². The second-order valence-electron chi connectivity index (χ2n) is 5.05. The summed E-state index contributed by atoms with van der Waals surface area (Å²) in [5, 5.41) is 3.49. The first-order chi connectivity index (χ1) is 9.36. The van der Waals surface area contributed by atoms with Gasteiger partial charge >= 0.3 is 0 Å². The number of hydrogen-bond acceptors (Lipinski definition) is 4. The van der Waals surface area contributed by atoms with Crippen LogP contribution in [-0.4, -0.2) is 23.1 Å². The van der Waals surface area contributed by atoms with Crippen LogP contribution in [0.2, 0.25) is 0 Å². The number of ether oxygens (including phenoxy) is 1. The zero-order valence-corrected chi connectivity index (χ0v) is 11.2. The molecule has 0 bridgehead atoms.